The van der Waals surface area contributed by atoms with Crippen molar-refractivity contribution in [1.29, 1.82) is 0 Å². The summed E-state index contributed by atoms with van der Waals surface area (Å²) in [5, 5.41) is 21.2. The molecule has 3 aromatic rings. The zero-order valence-corrected chi connectivity index (χ0v) is 13.1. The minimum absolute atomic E-state index is 0.284. The molecule has 0 radical (unpaired) electrons. The Hall–Kier alpha value is -2.53. The summed E-state index contributed by atoms with van der Waals surface area (Å²) in [5.41, 5.74) is 4.42. The molecule has 118 valence electrons. The van der Waals surface area contributed by atoms with E-state index in [1.54, 1.807) is 12.1 Å². The number of hydrogen-bond acceptors (Lipinski definition) is 4. The van der Waals surface area contributed by atoms with Crippen LogP contribution in [0.4, 0.5) is 5.69 Å². The summed E-state index contributed by atoms with van der Waals surface area (Å²) >= 11 is 0. The molecule has 2 aromatic carbocycles. The monoisotopic (exact) mass is 308 g/mol. The number of nitrogens with zero attached hydrogens (tertiary/aromatic N) is 2. The molecule has 0 bridgehead atoms. The molecule has 0 saturated carbocycles. The first-order chi connectivity index (χ1) is 11.2. The molecule has 5 heteroatoms. The van der Waals surface area contributed by atoms with Crippen LogP contribution in [-0.2, 0) is 0 Å². The number of anilines is 1. The minimum Gasteiger partial charge on any atom is -0.508 e. The average Bonchev–Trinajstić information content (AvgIpc) is 2.99. The lowest BCUT2D eigenvalue weighted by Gasteiger charge is -2.32. The predicted molar refractivity (Wildman–Crippen MR) is 92.8 cm³/mol. The Labute approximate surface area is 134 Å². The summed E-state index contributed by atoms with van der Waals surface area (Å²) in [4.78, 5) is 2.31. The molecule has 1 aliphatic rings. The van der Waals surface area contributed by atoms with Crippen molar-refractivity contribution >= 4 is 16.6 Å². The van der Waals surface area contributed by atoms with Gasteiger partial charge in [0, 0.05) is 43.7 Å². The van der Waals surface area contributed by atoms with E-state index in [9.17, 15) is 5.11 Å². The van der Waals surface area contributed by atoms with Gasteiger partial charge in [-0.15, -0.1) is 0 Å². The zero-order valence-electron chi connectivity index (χ0n) is 13.1. The van der Waals surface area contributed by atoms with Crippen LogP contribution >= 0.6 is 0 Å². The summed E-state index contributed by atoms with van der Waals surface area (Å²) in [5.74, 6) is 0.991. The van der Waals surface area contributed by atoms with Crippen molar-refractivity contribution in [2.24, 2.45) is 5.92 Å². The molecular formula is C18H20N4O. The van der Waals surface area contributed by atoms with Crippen molar-refractivity contribution in [3.05, 3.63) is 42.6 Å². The van der Waals surface area contributed by atoms with E-state index >= 15 is 0 Å². The van der Waals surface area contributed by atoms with Crippen molar-refractivity contribution in [3.8, 4) is 16.9 Å². The van der Waals surface area contributed by atoms with Crippen LogP contribution in [0.3, 0.4) is 0 Å². The van der Waals surface area contributed by atoms with Crippen LogP contribution in [0.2, 0.25) is 0 Å². The first-order valence-electron chi connectivity index (χ1n) is 7.89. The third-order valence-corrected chi connectivity index (χ3v) is 4.55. The van der Waals surface area contributed by atoms with E-state index in [2.05, 4.69) is 39.6 Å². The maximum atomic E-state index is 9.49. The van der Waals surface area contributed by atoms with E-state index in [1.165, 1.54) is 5.69 Å². The zero-order chi connectivity index (χ0) is 15.8. The highest BCUT2D eigenvalue weighted by Gasteiger charge is 2.20. The van der Waals surface area contributed by atoms with Crippen molar-refractivity contribution < 1.29 is 5.11 Å². The van der Waals surface area contributed by atoms with Crippen LogP contribution < -0.4 is 10.2 Å². The van der Waals surface area contributed by atoms with Gasteiger partial charge in [-0.1, -0.05) is 12.1 Å². The summed E-state index contributed by atoms with van der Waals surface area (Å²) < 4.78 is 0. The first kappa shape index (κ1) is 14.1. The van der Waals surface area contributed by atoms with Crippen molar-refractivity contribution in [2.45, 2.75) is 0 Å². The maximum Gasteiger partial charge on any atom is 0.115 e. The summed E-state index contributed by atoms with van der Waals surface area (Å²) in [6, 6.07) is 11.6. The highest BCUT2D eigenvalue weighted by molar-refractivity contribution is 5.95. The van der Waals surface area contributed by atoms with Crippen LogP contribution in [0.15, 0.2) is 42.6 Å². The van der Waals surface area contributed by atoms with E-state index in [-0.39, 0.29) is 5.75 Å². The molecule has 3 N–H and O–H groups in total. The van der Waals surface area contributed by atoms with Gasteiger partial charge in [0.15, 0.2) is 0 Å². The molecule has 0 spiro atoms. The number of phenols is 1. The highest BCUT2D eigenvalue weighted by atomic mass is 16.3. The molecule has 1 aromatic heterocycles. The van der Waals surface area contributed by atoms with E-state index in [1.807, 2.05) is 18.3 Å². The molecule has 5 nitrogen and oxygen atoms in total. The van der Waals surface area contributed by atoms with Gasteiger partial charge in [0.1, 0.15) is 5.75 Å². The van der Waals surface area contributed by atoms with E-state index in [4.69, 9.17) is 0 Å². The second-order valence-corrected chi connectivity index (χ2v) is 6.28. The van der Waals surface area contributed by atoms with Gasteiger partial charge >= 0.3 is 0 Å². The Morgan fingerprint density at radius 1 is 1.17 bits per heavy atom. The number of benzene rings is 2. The summed E-state index contributed by atoms with van der Waals surface area (Å²) in [6.45, 7) is 3.22. The molecule has 1 saturated heterocycles. The van der Waals surface area contributed by atoms with Crippen molar-refractivity contribution in [1.82, 2.24) is 15.5 Å². The lowest BCUT2D eigenvalue weighted by Crippen LogP contribution is -2.47. The van der Waals surface area contributed by atoms with Crippen molar-refractivity contribution in [2.75, 3.05) is 31.6 Å². The molecule has 0 aliphatic carbocycles. The van der Waals surface area contributed by atoms with Gasteiger partial charge in [-0.05, 0) is 35.4 Å². The number of fused-ring (bicyclic) bond motifs is 1. The second kappa shape index (κ2) is 5.59. The number of aromatic hydroxyl groups is 1. The predicted octanol–water partition coefficient (Wildman–Crippen LogP) is 2.59. The van der Waals surface area contributed by atoms with Gasteiger partial charge in [-0.25, -0.2) is 0 Å². The SMILES string of the molecule is CN(CC1CNC1)c1cc(-c2ccc(O)cc2)cc2[nH]ncc12. The normalized spacial score (nSPS) is 14.8. The Morgan fingerprint density at radius 3 is 2.65 bits per heavy atom. The second-order valence-electron chi connectivity index (χ2n) is 6.28. The van der Waals surface area contributed by atoms with Gasteiger partial charge in [-0.2, -0.15) is 5.10 Å². The Kier molecular flexibility index (Phi) is 3.42. The number of H-pyrrole nitrogens is 1. The fourth-order valence-electron chi connectivity index (χ4n) is 3.13. The van der Waals surface area contributed by atoms with E-state index < -0.39 is 0 Å². The Bertz CT molecular complexity index is 821. The van der Waals surface area contributed by atoms with Crippen molar-refractivity contribution in [3.63, 3.8) is 0 Å². The Balaban J connectivity index is 1.75. The fraction of sp³-hybridized carbons (Fsp3) is 0.278. The largest absolute Gasteiger partial charge is 0.508 e. The lowest BCUT2D eigenvalue weighted by molar-refractivity contribution is 0.353. The number of hydrogen-bond donors (Lipinski definition) is 3. The van der Waals surface area contributed by atoms with Gasteiger partial charge in [-0.3, -0.25) is 5.10 Å². The van der Waals surface area contributed by atoms with Gasteiger partial charge in [0.05, 0.1) is 11.7 Å². The van der Waals surface area contributed by atoms with E-state index in [0.29, 0.717) is 5.92 Å². The molecule has 1 aliphatic heterocycles. The molecule has 23 heavy (non-hydrogen) atoms. The van der Waals surface area contributed by atoms with Crippen LogP contribution in [0.25, 0.3) is 22.0 Å². The summed E-state index contributed by atoms with van der Waals surface area (Å²) in [7, 11) is 2.14. The third kappa shape index (κ3) is 2.64. The quantitative estimate of drug-likeness (QED) is 0.693. The number of aromatic amines is 1. The minimum atomic E-state index is 0.284. The maximum absolute atomic E-state index is 9.49. The number of nitrogens with one attached hydrogen (secondary N) is 2. The van der Waals surface area contributed by atoms with Gasteiger partial charge < -0.3 is 15.3 Å². The van der Waals surface area contributed by atoms with Gasteiger partial charge in [0.2, 0.25) is 0 Å². The molecule has 0 amide bonds. The van der Waals surface area contributed by atoms with Crippen LogP contribution in [0, 0.1) is 5.92 Å². The molecule has 4 rings (SSSR count). The van der Waals surface area contributed by atoms with Crippen LogP contribution in [0.5, 0.6) is 5.75 Å². The van der Waals surface area contributed by atoms with Gasteiger partial charge in [0.25, 0.3) is 0 Å². The standard InChI is InChI=1S/C18H20N4O/c1-22(11-12-8-19-9-12)18-7-14(6-17-16(18)10-20-21-17)13-2-4-15(23)5-3-13/h2-7,10,12,19,23H,8-9,11H2,1H3,(H,20,21). The lowest BCUT2D eigenvalue weighted by atomic mass is 10.0. The molecular weight excluding hydrogens is 288 g/mol. The average molecular weight is 308 g/mol. The highest BCUT2D eigenvalue weighted by Crippen LogP contribution is 2.33. The molecule has 2 heterocycles. The Morgan fingerprint density at radius 2 is 1.96 bits per heavy atom. The first-order valence-corrected chi connectivity index (χ1v) is 7.89. The van der Waals surface area contributed by atoms with Crippen LogP contribution in [-0.4, -0.2) is 42.0 Å². The number of phenolic OH excluding ortho intramolecular Hbond substituents is 1. The fourth-order valence-corrected chi connectivity index (χ4v) is 3.13. The van der Waals surface area contributed by atoms with Crippen LogP contribution in [0.1, 0.15) is 0 Å². The summed E-state index contributed by atoms with van der Waals surface area (Å²) in [6.07, 6.45) is 1.89. The van der Waals surface area contributed by atoms with E-state index in [0.717, 1.165) is 41.7 Å². The topological polar surface area (TPSA) is 64.2 Å². The number of aromatic nitrogens is 2. The molecule has 1 fully saturated rings. The molecule has 0 unspecified atom stereocenters. The smallest absolute Gasteiger partial charge is 0.115 e. The molecule has 0 atom stereocenters. The number of rotatable bonds is 4. The third-order valence-electron chi connectivity index (χ3n) is 4.55.